The van der Waals surface area contributed by atoms with Crippen molar-refractivity contribution in [1.82, 2.24) is 9.66 Å². The van der Waals surface area contributed by atoms with Crippen LogP contribution in [-0.2, 0) is 13.0 Å². The number of hydrogen-bond donors (Lipinski definition) is 0. The molecule has 0 N–H and O–H groups in total. The molecule has 39 heavy (non-hydrogen) atoms. The fourth-order valence-electron chi connectivity index (χ4n) is 3.90. The highest BCUT2D eigenvalue weighted by atomic mass is 79.9. The number of benzene rings is 3. The highest BCUT2D eigenvalue weighted by Gasteiger charge is 2.23. The third kappa shape index (κ3) is 6.66. The van der Waals surface area contributed by atoms with Crippen molar-refractivity contribution in [1.29, 1.82) is 0 Å². The number of nitro benzene ring substituents is 1. The number of aryl methyl sites for hydroxylation is 1. The largest absolute Gasteiger partial charge is 0.490 e. The van der Waals surface area contributed by atoms with Crippen LogP contribution >= 0.6 is 15.9 Å². The van der Waals surface area contributed by atoms with Crippen LogP contribution < -0.4 is 15.0 Å². The number of hydrogen-bond acceptors (Lipinski definition) is 7. The van der Waals surface area contributed by atoms with Gasteiger partial charge in [0, 0.05) is 22.5 Å². The van der Waals surface area contributed by atoms with Crippen molar-refractivity contribution in [2.75, 3.05) is 6.61 Å². The summed E-state index contributed by atoms with van der Waals surface area (Å²) in [6.07, 6.45) is 3.61. The van der Waals surface area contributed by atoms with Crippen molar-refractivity contribution < 1.29 is 18.8 Å². The van der Waals surface area contributed by atoms with Gasteiger partial charge in [-0.3, -0.25) is 14.9 Å². The van der Waals surface area contributed by atoms with Gasteiger partial charge in [-0.15, -0.1) is 0 Å². The van der Waals surface area contributed by atoms with Gasteiger partial charge in [0.1, 0.15) is 18.2 Å². The topological polar surface area (TPSA) is 109 Å². The Balaban J connectivity index is 1.75. The lowest BCUT2D eigenvalue weighted by Crippen LogP contribution is -2.22. The van der Waals surface area contributed by atoms with Crippen molar-refractivity contribution >= 4 is 38.7 Å². The van der Waals surface area contributed by atoms with Crippen LogP contribution in [0.4, 0.5) is 10.1 Å². The minimum atomic E-state index is -0.576. The summed E-state index contributed by atoms with van der Waals surface area (Å²) < 4.78 is 26.6. The number of nitro groups is 1. The Hall–Kier alpha value is -4.12. The van der Waals surface area contributed by atoms with E-state index in [0.717, 1.165) is 17.3 Å². The van der Waals surface area contributed by atoms with E-state index in [1.165, 1.54) is 41.2 Å². The van der Waals surface area contributed by atoms with Crippen LogP contribution in [-0.4, -0.2) is 27.4 Å². The van der Waals surface area contributed by atoms with E-state index in [0.29, 0.717) is 34.3 Å². The third-order valence-corrected chi connectivity index (χ3v) is 6.30. The Morgan fingerprint density at radius 1 is 1.13 bits per heavy atom. The van der Waals surface area contributed by atoms with Crippen LogP contribution in [0.25, 0.3) is 10.9 Å². The first-order valence-electron chi connectivity index (χ1n) is 12.4. The normalized spacial score (nSPS) is 11.3. The maximum absolute atomic E-state index is 13.3. The van der Waals surface area contributed by atoms with Crippen LogP contribution in [0.5, 0.6) is 11.5 Å². The van der Waals surface area contributed by atoms with Crippen LogP contribution in [0.1, 0.15) is 43.6 Å². The molecule has 3 aromatic carbocycles. The molecule has 0 radical (unpaired) electrons. The average molecular weight is 597 g/mol. The number of rotatable bonds is 11. The highest BCUT2D eigenvalue weighted by Crippen LogP contribution is 2.39. The van der Waals surface area contributed by atoms with Gasteiger partial charge in [0.2, 0.25) is 5.75 Å². The first kappa shape index (κ1) is 27.9. The maximum atomic E-state index is 13.3. The van der Waals surface area contributed by atoms with E-state index in [1.54, 1.807) is 25.1 Å². The zero-order valence-corrected chi connectivity index (χ0v) is 23.0. The molecule has 0 aliphatic carbocycles. The Morgan fingerprint density at radius 2 is 1.90 bits per heavy atom. The van der Waals surface area contributed by atoms with E-state index in [1.807, 2.05) is 13.0 Å². The number of unbranched alkanes of at least 4 members (excludes halogenated alkanes) is 1. The van der Waals surface area contributed by atoms with E-state index in [9.17, 15) is 19.3 Å². The Morgan fingerprint density at radius 3 is 2.59 bits per heavy atom. The highest BCUT2D eigenvalue weighted by molar-refractivity contribution is 9.10. The maximum Gasteiger partial charge on any atom is 0.315 e. The first-order valence-corrected chi connectivity index (χ1v) is 13.2. The molecule has 1 heterocycles. The van der Waals surface area contributed by atoms with Gasteiger partial charge in [0.05, 0.1) is 28.6 Å². The summed E-state index contributed by atoms with van der Waals surface area (Å²) in [5.74, 6) is 0.192. The summed E-state index contributed by atoms with van der Waals surface area (Å²) in [6.45, 7) is 3.99. The number of ether oxygens (including phenoxy) is 2. The van der Waals surface area contributed by atoms with Gasteiger partial charge >= 0.3 is 5.69 Å². The Kier molecular flexibility index (Phi) is 9.03. The molecule has 0 unspecified atom stereocenters. The van der Waals surface area contributed by atoms with Crippen LogP contribution in [0.15, 0.2) is 69.0 Å². The lowest BCUT2D eigenvalue weighted by Gasteiger charge is -2.13. The number of aromatic nitrogens is 2. The van der Waals surface area contributed by atoms with Crippen molar-refractivity contribution in [3.8, 4) is 11.5 Å². The summed E-state index contributed by atoms with van der Waals surface area (Å²) in [5.41, 5.74) is 0.860. The molecule has 0 saturated heterocycles. The van der Waals surface area contributed by atoms with E-state index in [-0.39, 0.29) is 36.0 Å². The second-order valence-corrected chi connectivity index (χ2v) is 9.54. The molecule has 0 atom stereocenters. The van der Waals surface area contributed by atoms with E-state index in [4.69, 9.17) is 9.47 Å². The van der Waals surface area contributed by atoms with E-state index >= 15 is 0 Å². The monoisotopic (exact) mass is 596 g/mol. The fraction of sp³-hybridized carbons (Fsp3) is 0.250. The van der Waals surface area contributed by atoms with Crippen molar-refractivity contribution in [3.05, 3.63) is 102 Å². The smallest absolute Gasteiger partial charge is 0.315 e. The number of fused-ring (bicyclic) bond motifs is 1. The third-order valence-electron chi connectivity index (χ3n) is 5.80. The van der Waals surface area contributed by atoms with Gasteiger partial charge in [-0.2, -0.15) is 9.78 Å². The van der Waals surface area contributed by atoms with E-state index in [2.05, 4.69) is 26.0 Å². The van der Waals surface area contributed by atoms with Gasteiger partial charge in [-0.1, -0.05) is 41.4 Å². The average Bonchev–Trinajstić information content (AvgIpc) is 2.92. The molecular weight excluding hydrogens is 571 g/mol. The fourth-order valence-corrected chi connectivity index (χ4v) is 4.26. The molecule has 1 aromatic heterocycles. The van der Waals surface area contributed by atoms with Crippen molar-refractivity contribution in [2.45, 2.75) is 39.7 Å². The summed E-state index contributed by atoms with van der Waals surface area (Å²) in [7, 11) is 0. The van der Waals surface area contributed by atoms with Gasteiger partial charge in [-0.25, -0.2) is 9.37 Å². The van der Waals surface area contributed by atoms with Gasteiger partial charge in [-0.05, 0) is 55.3 Å². The molecule has 0 bridgehead atoms. The molecule has 11 heteroatoms. The predicted molar refractivity (Wildman–Crippen MR) is 150 cm³/mol. The molecule has 0 aliphatic rings. The second kappa shape index (κ2) is 12.6. The molecule has 4 rings (SSSR count). The lowest BCUT2D eigenvalue weighted by atomic mass is 10.1. The lowest BCUT2D eigenvalue weighted by molar-refractivity contribution is -0.386. The minimum Gasteiger partial charge on any atom is -0.490 e. The SMILES string of the molecule is CCCCc1nc2ccc(Br)cc2c(=O)n1N=Cc1cc(OCC)c(OCc2ccc(F)cc2)c([N+](=O)[O-])c1. The van der Waals surface area contributed by atoms with Crippen LogP contribution in [0.2, 0.25) is 0 Å². The second-order valence-electron chi connectivity index (χ2n) is 8.63. The summed E-state index contributed by atoms with van der Waals surface area (Å²) in [4.78, 5) is 29.4. The first-order chi connectivity index (χ1) is 18.8. The zero-order chi connectivity index (χ0) is 27.9. The molecular formula is C28H26BrFN4O5. The molecule has 0 spiro atoms. The van der Waals surface area contributed by atoms with Crippen molar-refractivity contribution in [3.63, 3.8) is 0 Å². The summed E-state index contributed by atoms with van der Waals surface area (Å²) in [6, 6.07) is 13.8. The zero-order valence-electron chi connectivity index (χ0n) is 21.4. The van der Waals surface area contributed by atoms with Crippen LogP contribution in [0, 0.1) is 15.9 Å². The predicted octanol–water partition coefficient (Wildman–Crippen LogP) is 6.41. The molecule has 0 fully saturated rings. The van der Waals surface area contributed by atoms with E-state index < -0.39 is 10.7 Å². The van der Waals surface area contributed by atoms with Crippen molar-refractivity contribution in [2.24, 2.45) is 5.10 Å². The molecule has 0 amide bonds. The van der Waals surface area contributed by atoms with Gasteiger partial charge in [0.25, 0.3) is 5.56 Å². The molecule has 0 saturated carbocycles. The quantitative estimate of drug-likeness (QED) is 0.112. The Labute approximate surface area is 232 Å². The molecule has 9 nitrogen and oxygen atoms in total. The molecule has 202 valence electrons. The molecule has 4 aromatic rings. The number of halogens is 2. The summed E-state index contributed by atoms with van der Waals surface area (Å²) in [5, 5.41) is 16.8. The van der Waals surface area contributed by atoms with Crippen LogP contribution in [0.3, 0.4) is 0 Å². The summed E-state index contributed by atoms with van der Waals surface area (Å²) >= 11 is 3.39. The standard InChI is InChI=1S/C28H26BrFN4O5/c1-3-5-6-26-32-23-12-9-20(29)15-22(23)28(35)33(26)31-16-19-13-24(34(36)37)27(25(14-19)38-4-2)39-17-18-7-10-21(30)11-8-18/h7-16H,3-6,17H2,1-2H3. The Bertz CT molecular complexity index is 1590. The minimum absolute atomic E-state index is 0.0247. The van der Waals surface area contributed by atoms with Gasteiger partial charge in [0.15, 0.2) is 5.75 Å². The van der Waals surface area contributed by atoms with Gasteiger partial charge < -0.3 is 9.47 Å². The number of nitrogens with zero attached hydrogens (tertiary/aromatic N) is 4. The molecule has 0 aliphatic heterocycles.